The van der Waals surface area contributed by atoms with Crippen LogP contribution in [0.25, 0.3) is 0 Å². The minimum Gasteiger partial charge on any atom is -0.460 e. The van der Waals surface area contributed by atoms with Crippen molar-refractivity contribution in [1.29, 1.82) is 0 Å². The van der Waals surface area contributed by atoms with Gasteiger partial charge in [0.1, 0.15) is 6.10 Å². The predicted molar refractivity (Wildman–Crippen MR) is 141 cm³/mol. The predicted octanol–water partition coefficient (Wildman–Crippen LogP) is 5.59. The summed E-state index contributed by atoms with van der Waals surface area (Å²) in [6.07, 6.45) is 11.1. The molecule has 0 spiro atoms. The van der Waals surface area contributed by atoms with E-state index in [2.05, 4.69) is 45.1 Å². The van der Waals surface area contributed by atoms with Crippen LogP contribution in [0.1, 0.15) is 92.9 Å². The molecule has 1 unspecified atom stereocenters. The molecule has 0 aromatic rings. The largest absolute Gasteiger partial charge is 0.460 e. The van der Waals surface area contributed by atoms with Crippen LogP contribution in [0, 0.1) is 40.4 Å². The normalized spacial score (nSPS) is 43.4. The Kier molecular flexibility index (Phi) is 7.50. The van der Waals surface area contributed by atoms with Crippen LogP contribution in [-0.2, 0) is 14.3 Å². The van der Waals surface area contributed by atoms with E-state index < -0.39 is 0 Å². The lowest BCUT2D eigenvalue weighted by Gasteiger charge is -2.62. The van der Waals surface area contributed by atoms with Gasteiger partial charge in [0.25, 0.3) is 0 Å². The molecule has 0 radical (unpaired) electrons. The minimum absolute atomic E-state index is 0.0649. The fourth-order valence-corrected chi connectivity index (χ4v) is 9.44. The molecule has 4 rings (SSSR count). The summed E-state index contributed by atoms with van der Waals surface area (Å²) in [4.78, 5) is 27.1. The summed E-state index contributed by atoms with van der Waals surface area (Å²) in [7, 11) is 4.48. The van der Waals surface area contributed by atoms with Gasteiger partial charge in [0.2, 0.25) is 5.91 Å². The molecule has 10 atom stereocenters. The molecule has 0 bridgehead atoms. The molecule has 5 nitrogen and oxygen atoms in total. The van der Waals surface area contributed by atoms with Crippen LogP contribution in [0.15, 0.2) is 11.6 Å². The molecule has 4 aliphatic rings. The number of rotatable bonds is 5. The Hall–Kier alpha value is -1.36. The molecule has 5 heteroatoms. The first-order valence-electron chi connectivity index (χ1n) is 14.2. The van der Waals surface area contributed by atoms with Gasteiger partial charge >= 0.3 is 5.97 Å². The van der Waals surface area contributed by atoms with E-state index in [1.54, 1.807) is 6.08 Å². The van der Waals surface area contributed by atoms with Gasteiger partial charge in [-0.25, -0.2) is 0 Å². The molecular formula is C30H50N2O3. The maximum absolute atomic E-state index is 12.6. The molecule has 0 aromatic heterocycles. The van der Waals surface area contributed by atoms with E-state index in [1.165, 1.54) is 45.4 Å². The van der Waals surface area contributed by atoms with Crippen LogP contribution in [-0.4, -0.2) is 49.1 Å². The number of ether oxygens (including phenoxy) is 1. The second-order valence-electron chi connectivity index (χ2n) is 13.5. The molecule has 198 valence electrons. The number of fused-ring (bicyclic) bond motifs is 5. The van der Waals surface area contributed by atoms with Crippen LogP contribution >= 0.6 is 0 Å². The summed E-state index contributed by atoms with van der Waals surface area (Å²) in [5.41, 5.74) is 1.60. The number of allylic oxidation sites excluding steroid dienone is 1. The van der Waals surface area contributed by atoms with Crippen molar-refractivity contribution in [3.63, 3.8) is 0 Å². The van der Waals surface area contributed by atoms with Gasteiger partial charge in [0, 0.05) is 19.0 Å². The number of nitrogens with one attached hydrogen (secondary N) is 1. The Morgan fingerprint density at radius 2 is 1.69 bits per heavy atom. The number of amides is 1. The van der Waals surface area contributed by atoms with Crippen LogP contribution in [0.2, 0.25) is 0 Å². The first-order valence-corrected chi connectivity index (χ1v) is 14.2. The van der Waals surface area contributed by atoms with Crippen molar-refractivity contribution in [3.8, 4) is 0 Å². The molecule has 1 amide bonds. The lowest BCUT2D eigenvalue weighted by atomic mass is 9.44. The third kappa shape index (κ3) is 4.83. The van der Waals surface area contributed by atoms with Crippen molar-refractivity contribution in [1.82, 2.24) is 10.2 Å². The molecule has 4 saturated carbocycles. The van der Waals surface area contributed by atoms with E-state index in [0.717, 1.165) is 36.2 Å². The second kappa shape index (κ2) is 9.84. The molecule has 4 aliphatic carbocycles. The van der Waals surface area contributed by atoms with Gasteiger partial charge in [-0.05, 0) is 127 Å². The number of carbonyl (C=O) groups is 2. The van der Waals surface area contributed by atoms with Gasteiger partial charge in [-0.2, -0.15) is 0 Å². The molecule has 0 aromatic carbocycles. The average Bonchev–Trinajstić information content (AvgIpc) is 3.09. The number of carbonyl (C=O) groups excluding carboxylic acids is 2. The number of esters is 1. The molecule has 1 N–H and O–H groups in total. The van der Waals surface area contributed by atoms with Gasteiger partial charge in [-0.15, -0.1) is 0 Å². The van der Waals surface area contributed by atoms with Crippen molar-refractivity contribution in [3.05, 3.63) is 11.6 Å². The average molecular weight is 487 g/mol. The highest BCUT2D eigenvalue weighted by atomic mass is 16.5. The Labute approximate surface area is 213 Å². The zero-order valence-electron chi connectivity index (χ0n) is 23.5. The Balaban J connectivity index is 1.56. The zero-order chi connectivity index (χ0) is 25.7. The topological polar surface area (TPSA) is 58.6 Å². The van der Waals surface area contributed by atoms with Crippen LogP contribution in [0.3, 0.4) is 0 Å². The van der Waals surface area contributed by atoms with Crippen LogP contribution < -0.4 is 5.32 Å². The summed E-state index contributed by atoms with van der Waals surface area (Å²) >= 11 is 0. The lowest BCUT2D eigenvalue weighted by Crippen LogP contribution is -2.60. The second-order valence-corrected chi connectivity index (χ2v) is 13.5. The lowest BCUT2D eigenvalue weighted by molar-refractivity contribution is -0.169. The van der Waals surface area contributed by atoms with E-state index >= 15 is 0 Å². The van der Waals surface area contributed by atoms with E-state index in [1.807, 2.05) is 13.8 Å². The molecular weight excluding hydrogens is 436 g/mol. The summed E-state index contributed by atoms with van der Waals surface area (Å²) in [5.74, 6) is 3.35. The van der Waals surface area contributed by atoms with Gasteiger partial charge in [0.05, 0.1) is 6.04 Å². The number of nitrogens with zero attached hydrogens (tertiary/aromatic N) is 1. The number of hydrogen-bond donors (Lipinski definition) is 1. The maximum atomic E-state index is 12.6. The summed E-state index contributed by atoms with van der Waals surface area (Å²) in [6, 6.07) is 0.531. The van der Waals surface area contributed by atoms with E-state index in [4.69, 9.17) is 4.74 Å². The molecule has 35 heavy (non-hydrogen) atoms. The van der Waals surface area contributed by atoms with Crippen molar-refractivity contribution in [2.45, 2.75) is 111 Å². The Morgan fingerprint density at radius 3 is 2.31 bits per heavy atom. The first kappa shape index (κ1) is 26.7. The summed E-state index contributed by atoms with van der Waals surface area (Å²) in [6.45, 7) is 12.9. The van der Waals surface area contributed by atoms with Gasteiger partial charge in [-0.1, -0.05) is 19.4 Å². The van der Waals surface area contributed by atoms with E-state index in [-0.39, 0.29) is 29.4 Å². The van der Waals surface area contributed by atoms with E-state index in [9.17, 15) is 9.59 Å². The molecule has 0 heterocycles. The SMILES string of the molecule is CC(=O)O[C@H]1C[C@@]2(C)[C@@H](CC[C@@H]3[C@@H]2CC[C@]2(C)[C@@H](C(C)N(C)C)CC[C@@H]32)C[C@H]1NC(=O)C=C(C)C. The van der Waals surface area contributed by atoms with Crippen molar-refractivity contribution < 1.29 is 14.3 Å². The highest BCUT2D eigenvalue weighted by Gasteiger charge is 2.62. The fraction of sp³-hybridized carbons (Fsp3) is 0.867. The molecule has 0 aliphatic heterocycles. The molecule has 4 fully saturated rings. The van der Waals surface area contributed by atoms with Crippen LogP contribution in [0.4, 0.5) is 0 Å². The monoisotopic (exact) mass is 486 g/mol. The smallest absolute Gasteiger partial charge is 0.302 e. The van der Waals surface area contributed by atoms with Crippen molar-refractivity contribution in [2.24, 2.45) is 40.4 Å². The maximum Gasteiger partial charge on any atom is 0.302 e. The Morgan fingerprint density at radius 1 is 1.00 bits per heavy atom. The highest BCUT2D eigenvalue weighted by Crippen LogP contribution is 2.68. The highest BCUT2D eigenvalue weighted by molar-refractivity contribution is 5.88. The first-order chi connectivity index (χ1) is 16.4. The van der Waals surface area contributed by atoms with Gasteiger partial charge < -0.3 is 15.0 Å². The van der Waals surface area contributed by atoms with Crippen molar-refractivity contribution >= 4 is 11.9 Å². The van der Waals surface area contributed by atoms with Crippen molar-refractivity contribution in [2.75, 3.05) is 14.1 Å². The van der Waals surface area contributed by atoms with Gasteiger partial charge in [0.15, 0.2) is 0 Å². The third-order valence-electron chi connectivity index (χ3n) is 11.2. The van der Waals surface area contributed by atoms with E-state index in [0.29, 0.717) is 23.3 Å². The Bertz CT molecular complexity index is 849. The number of hydrogen-bond acceptors (Lipinski definition) is 4. The zero-order valence-corrected chi connectivity index (χ0v) is 23.5. The van der Waals surface area contributed by atoms with Gasteiger partial charge in [-0.3, -0.25) is 9.59 Å². The fourth-order valence-electron chi connectivity index (χ4n) is 9.44. The minimum atomic E-state index is -0.238. The summed E-state index contributed by atoms with van der Waals surface area (Å²) < 4.78 is 5.91. The van der Waals surface area contributed by atoms with Crippen LogP contribution in [0.5, 0.6) is 0 Å². The molecule has 0 saturated heterocycles. The quantitative estimate of drug-likeness (QED) is 0.407. The third-order valence-corrected chi connectivity index (χ3v) is 11.2. The standard InChI is InChI=1S/C30H50N2O3/c1-18(2)15-28(34)31-26-16-21-9-10-22-24-12-11-23(19(3)32(7)8)29(24,5)14-13-25(22)30(21,6)17-27(26)35-20(4)33/h15,19,21-27H,9-14,16-17H2,1-8H3,(H,31,34)/t19?,21-,22-,23+,24-,25-,26+,27-,29+,30-/m0/s1. The summed E-state index contributed by atoms with van der Waals surface area (Å²) in [5, 5.41) is 3.20.